The number of hydrogen-bond donors (Lipinski definition) is 2. The lowest BCUT2D eigenvalue weighted by Crippen LogP contribution is -2.26. The largest absolute Gasteiger partial charge is 0.484 e. The number of hydrogen-bond acceptors (Lipinski definition) is 3. The standard InChI is InChI=1S/C18H17F3N2O3/c1-11(13-3-2-4-14(9-13)18(19,20)21)23-17(25)12-5-7-15(8-6-12)26-10-16(22)24/h2-9,11H,10H2,1H3,(H2,22,24)(H,23,25). The Morgan fingerprint density at radius 2 is 1.81 bits per heavy atom. The maximum atomic E-state index is 12.8. The molecular weight excluding hydrogens is 349 g/mol. The summed E-state index contributed by atoms with van der Waals surface area (Å²) in [4.78, 5) is 22.9. The average Bonchev–Trinajstić information content (AvgIpc) is 2.59. The monoisotopic (exact) mass is 366 g/mol. The smallest absolute Gasteiger partial charge is 0.416 e. The maximum absolute atomic E-state index is 12.8. The fraction of sp³-hybridized carbons (Fsp3) is 0.222. The number of halogens is 3. The maximum Gasteiger partial charge on any atom is 0.416 e. The molecule has 2 aromatic carbocycles. The average molecular weight is 366 g/mol. The van der Waals surface area contributed by atoms with Crippen molar-refractivity contribution in [1.29, 1.82) is 0 Å². The molecule has 0 heterocycles. The van der Waals surface area contributed by atoms with Crippen molar-refractivity contribution in [2.75, 3.05) is 6.61 Å². The van der Waals surface area contributed by atoms with Gasteiger partial charge >= 0.3 is 6.18 Å². The Labute approximate surface area is 148 Å². The number of benzene rings is 2. The molecule has 0 saturated heterocycles. The van der Waals surface area contributed by atoms with Gasteiger partial charge in [0.25, 0.3) is 11.8 Å². The van der Waals surface area contributed by atoms with E-state index in [0.29, 0.717) is 16.9 Å². The van der Waals surface area contributed by atoms with Crippen LogP contribution in [0.25, 0.3) is 0 Å². The molecule has 8 heteroatoms. The molecule has 0 aliphatic carbocycles. The molecule has 2 rings (SSSR count). The van der Waals surface area contributed by atoms with E-state index >= 15 is 0 Å². The lowest BCUT2D eigenvalue weighted by atomic mass is 10.0. The Bertz CT molecular complexity index is 789. The van der Waals surface area contributed by atoms with Crippen LogP contribution in [0.3, 0.4) is 0 Å². The molecule has 0 bridgehead atoms. The molecule has 0 fully saturated rings. The Balaban J connectivity index is 2.04. The van der Waals surface area contributed by atoms with Crippen molar-refractivity contribution < 1.29 is 27.5 Å². The predicted molar refractivity (Wildman–Crippen MR) is 88.5 cm³/mol. The normalized spacial score (nSPS) is 12.3. The van der Waals surface area contributed by atoms with Crippen LogP contribution in [0.15, 0.2) is 48.5 Å². The third kappa shape index (κ3) is 5.23. The molecule has 0 radical (unpaired) electrons. The minimum absolute atomic E-state index is 0.280. The molecule has 2 aromatic rings. The number of nitrogens with two attached hydrogens (primary N) is 1. The second-order valence-electron chi connectivity index (χ2n) is 5.60. The van der Waals surface area contributed by atoms with Crippen LogP contribution in [0, 0.1) is 0 Å². The molecule has 3 N–H and O–H groups in total. The zero-order chi connectivity index (χ0) is 19.3. The highest BCUT2D eigenvalue weighted by Crippen LogP contribution is 2.30. The third-order valence-corrected chi connectivity index (χ3v) is 3.56. The summed E-state index contributed by atoms with van der Waals surface area (Å²) < 4.78 is 43.4. The van der Waals surface area contributed by atoms with Crippen molar-refractivity contribution in [2.45, 2.75) is 19.1 Å². The van der Waals surface area contributed by atoms with Crippen molar-refractivity contribution in [1.82, 2.24) is 5.32 Å². The first-order valence-electron chi connectivity index (χ1n) is 7.66. The fourth-order valence-electron chi connectivity index (χ4n) is 2.20. The summed E-state index contributed by atoms with van der Waals surface area (Å²) >= 11 is 0. The van der Waals surface area contributed by atoms with Gasteiger partial charge in [-0.15, -0.1) is 0 Å². The fourth-order valence-corrected chi connectivity index (χ4v) is 2.20. The number of alkyl halides is 3. The number of primary amides is 1. The lowest BCUT2D eigenvalue weighted by molar-refractivity contribution is -0.137. The number of carbonyl (C=O) groups is 2. The number of nitrogens with one attached hydrogen (secondary N) is 1. The molecule has 0 aliphatic heterocycles. The molecule has 0 aliphatic rings. The van der Waals surface area contributed by atoms with Gasteiger partial charge in [0.1, 0.15) is 5.75 Å². The minimum Gasteiger partial charge on any atom is -0.484 e. The molecule has 1 atom stereocenters. The van der Waals surface area contributed by atoms with Crippen molar-refractivity contribution >= 4 is 11.8 Å². The zero-order valence-electron chi connectivity index (χ0n) is 13.8. The molecule has 0 spiro atoms. The number of amides is 2. The van der Waals surface area contributed by atoms with Crippen LogP contribution in [-0.2, 0) is 11.0 Å². The van der Waals surface area contributed by atoms with E-state index in [9.17, 15) is 22.8 Å². The summed E-state index contributed by atoms with van der Waals surface area (Å²) in [5, 5.41) is 2.64. The number of rotatable bonds is 6. The van der Waals surface area contributed by atoms with E-state index in [2.05, 4.69) is 5.32 Å². The first kappa shape index (κ1) is 19.3. The first-order valence-corrected chi connectivity index (χ1v) is 7.66. The highest BCUT2D eigenvalue weighted by atomic mass is 19.4. The van der Waals surface area contributed by atoms with Gasteiger partial charge in [-0.25, -0.2) is 0 Å². The van der Waals surface area contributed by atoms with Gasteiger partial charge in [-0.05, 0) is 48.9 Å². The van der Waals surface area contributed by atoms with Crippen LogP contribution >= 0.6 is 0 Å². The van der Waals surface area contributed by atoms with E-state index < -0.39 is 29.6 Å². The Hall–Kier alpha value is -3.03. The molecule has 1 unspecified atom stereocenters. The Morgan fingerprint density at radius 3 is 2.38 bits per heavy atom. The molecule has 5 nitrogen and oxygen atoms in total. The number of carbonyl (C=O) groups excluding carboxylic acids is 2. The second-order valence-corrected chi connectivity index (χ2v) is 5.60. The molecule has 138 valence electrons. The summed E-state index contributed by atoms with van der Waals surface area (Å²) in [7, 11) is 0. The first-order chi connectivity index (χ1) is 12.2. The van der Waals surface area contributed by atoms with Crippen LogP contribution in [0.2, 0.25) is 0 Å². The molecule has 0 aromatic heterocycles. The van der Waals surface area contributed by atoms with Crippen LogP contribution < -0.4 is 15.8 Å². The van der Waals surface area contributed by atoms with Gasteiger partial charge in [-0.1, -0.05) is 12.1 Å². The van der Waals surface area contributed by atoms with E-state index in [4.69, 9.17) is 10.5 Å². The summed E-state index contributed by atoms with van der Waals surface area (Å²) in [5.41, 5.74) is 4.84. The van der Waals surface area contributed by atoms with Crippen LogP contribution in [-0.4, -0.2) is 18.4 Å². The molecular formula is C18H17F3N2O3. The topological polar surface area (TPSA) is 81.4 Å². The summed E-state index contributed by atoms with van der Waals surface area (Å²) in [6.45, 7) is 1.32. The van der Waals surface area contributed by atoms with Crippen molar-refractivity contribution in [3.05, 3.63) is 65.2 Å². The molecule has 0 saturated carbocycles. The lowest BCUT2D eigenvalue weighted by Gasteiger charge is -2.16. The van der Waals surface area contributed by atoms with Crippen molar-refractivity contribution in [3.8, 4) is 5.75 Å². The minimum atomic E-state index is -4.44. The van der Waals surface area contributed by atoms with E-state index in [0.717, 1.165) is 12.1 Å². The molecule has 26 heavy (non-hydrogen) atoms. The van der Waals surface area contributed by atoms with Crippen molar-refractivity contribution in [2.24, 2.45) is 5.73 Å². The third-order valence-electron chi connectivity index (χ3n) is 3.56. The Kier molecular flexibility index (Phi) is 5.86. The number of ether oxygens (including phenoxy) is 1. The van der Waals surface area contributed by atoms with Gasteiger partial charge in [0.15, 0.2) is 6.61 Å². The van der Waals surface area contributed by atoms with Gasteiger partial charge in [0.05, 0.1) is 11.6 Å². The SMILES string of the molecule is CC(NC(=O)c1ccc(OCC(N)=O)cc1)c1cccc(C(F)(F)F)c1. The summed E-state index contributed by atoms with van der Waals surface area (Å²) in [6.07, 6.45) is -4.44. The van der Waals surface area contributed by atoms with Gasteiger partial charge in [-0.2, -0.15) is 13.2 Å². The van der Waals surface area contributed by atoms with E-state index in [1.165, 1.54) is 36.4 Å². The summed E-state index contributed by atoms with van der Waals surface area (Å²) in [5.74, 6) is -0.704. The summed E-state index contributed by atoms with van der Waals surface area (Å²) in [6, 6.07) is 10.1. The van der Waals surface area contributed by atoms with Crippen LogP contribution in [0.5, 0.6) is 5.75 Å². The predicted octanol–water partition coefficient (Wildman–Crippen LogP) is 3.06. The zero-order valence-corrected chi connectivity index (χ0v) is 13.8. The van der Waals surface area contributed by atoms with Gasteiger partial charge in [0, 0.05) is 5.56 Å². The second kappa shape index (κ2) is 7.90. The van der Waals surface area contributed by atoms with E-state index in [1.54, 1.807) is 6.92 Å². The van der Waals surface area contributed by atoms with E-state index in [1.807, 2.05) is 0 Å². The van der Waals surface area contributed by atoms with E-state index in [-0.39, 0.29) is 6.61 Å². The van der Waals surface area contributed by atoms with Gasteiger partial charge < -0.3 is 15.8 Å². The van der Waals surface area contributed by atoms with Gasteiger partial charge in [0.2, 0.25) is 0 Å². The Morgan fingerprint density at radius 1 is 1.15 bits per heavy atom. The highest BCUT2D eigenvalue weighted by Gasteiger charge is 2.30. The van der Waals surface area contributed by atoms with Crippen molar-refractivity contribution in [3.63, 3.8) is 0 Å². The quantitative estimate of drug-likeness (QED) is 0.824. The van der Waals surface area contributed by atoms with Gasteiger partial charge in [-0.3, -0.25) is 9.59 Å². The highest BCUT2D eigenvalue weighted by molar-refractivity contribution is 5.94. The molecule has 2 amide bonds. The van der Waals surface area contributed by atoms with Crippen LogP contribution in [0.1, 0.15) is 34.5 Å². The van der Waals surface area contributed by atoms with Crippen LogP contribution in [0.4, 0.5) is 13.2 Å².